The van der Waals surface area contributed by atoms with Crippen molar-refractivity contribution in [2.24, 2.45) is 11.7 Å². The number of hydrogen-bond acceptors (Lipinski definition) is 4. The molecule has 0 unspecified atom stereocenters. The number of amides is 1. The summed E-state index contributed by atoms with van der Waals surface area (Å²) >= 11 is 0. The van der Waals surface area contributed by atoms with E-state index >= 15 is 0 Å². The molecule has 98 valence electrons. The zero-order valence-electron chi connectivity index (χ0n) is 10.6. The first kappa shape index (κ1) is 14.1. The average molecular weight is 251 g/mol. The van der Waals surface area contributed by atoms with Gasteiger partial charge >= 0.3 is 0 Å². The molecule has 0 fully saturated rings. The fourth-order valence-corrected chi connectivity index (χ4v) is 1.38. The van der Waals surface area contributed by atoms with Crippen LogP contribution in [0.4, 0.5) is 11.4 Å². The highest BCUT2D eigenvalue weighted by atomic mass is 16.6. The molecular formula is C12H17N3O3. The van der Waals surface area contributed by atoms with Gasteiger partial charge in [0.1, 0.15) is 0 Å². The van der Waals surface area contributed by atoms with Gasteiger partial charge < -0.3 is 11.1 Å². The Morgan fingerprint density at radius 2 is 2.06 bits per heavy atom. The first-order chi connectivity index (χ1) is 8.32. The Labute approximate surface area is 105 Å². The molecule has 1 aromatic carbocycles. The van der Waals surface area contributed by atoms with E-state index in [0.717, 1.165) is 5.56 Å². The molecule has 1 atom stereocenters. The molecule has 0 spiro atoms. The van der Waals surface area contributed by atoms with E-state index in [-0.39, 0.29) is 17.5 Å². The lowest BCUT2D eigenvalue weighted by atomic mass is 10.0. The van der Waals surface area contributed by atoms with Crippen molar-refractivity contribution in [1.29, 1.82) is 0 Å². The summed E-state index contributed by atoms with van der Waals surface area (Å²) < 4.78 is 0. The van der Waals surface area contributed by atoms with Crippen molar-refractivity contribution in [3.8, 4) is 0 Å². The minimum absolute atomic E-state index is 0.00371. The highest BCUT2D eigenvalue weighted by Gasteiger charge is 2.18. The van der Waals surface area contributed by atoms with E-state index in [1.807, 2.05) is 13.8 Å². The number of nitrogens with two attached hydrogens (primary N) is 1. The smallest absolute Gasteiger partial charge is 0.271 e. The molecule has 1 rings (SSSR count). The highest BCUT2D eigenvalue weighted by Crippen LogP contribution is 2.22. The molecule has 6 nitrogen and oxygen atoms in total. The van der Waals surface area contributed by atoms with Crippen LogP contribution in [-0.2, 0) is 4.79 Å². The largest absolute Gasteiger partial charge is 0.324 e. The Bertz CT molecular complexity index is 472. The van der Waals surface area contributed by atoms with Crippen molar-refractivity contribution >= 4 is 17.3 Å². The molecule has 0 heterocycles. The van der Waals surface area contributed by atoms with E-state index in [0.29, 0.717) is 5.69 Å². The van der Waals surface area contributed by atoms with Crippen LogP contribution in [0, 0.1) is 23.0 Å². The van der Waals surface area contributed by atoms with Crippen LogP contribution in [0.1, 0.15) is 19.4 Å². The van der Waals surface area contributed by atoms with E-state index in [1.54, 1.807) is 13.0 Å². The van der Waals surface area contributed by atoms with E-state index in [2.05, 4.69) is 5.32 Å². The van der Waals surface area contributed by atoms with E-state index in [9.17, 15) is 14.9 Å². The van der Waals surface area contributed by atoms with Gasteiger partial charge in [-0.2, -0.15) is 0 Å². The third-order valence-corrected chi connectivity index (χ3v) is 2.71. The van der Waals surface area contributed by atoms with Crippen LogP contribution in [0.5, 0.6) is 0 Å². The predicted molar refractivity (Wildman–Crippen MR) is 69.3 cm³/mol. The number of aryl methyl sites for hydroxylation is 1. The van der Waals surface area contributed by atoms with Crippen LogP contribution in [0.2, 0.25) is 0 Å². The normalized spacial score (nSPS) is 12.3. The third kappa shape index (κ3) is 3.27. The van der Waals surface area contributed by atoms with Crippen LogP contribution in [0.25, 0.3) is 0 Å². The Kier molecular flexibility index (Phi) is 4.38. The SMILES string of the molecule is Cc1ccc([N+](=O)[O-])cc1NC(=O)[C@H](N)C(C)C. The number of nitro groups is 1. The zero-order valence-corrected chi connectivity index (χ0v) is 10.6. The van der Waals surface area contributed by atoms with Gasteiger partial charge in [-0.1, -0.05) is 19.9 Å². The standard InChI is InChI=1S/C12H17N3O3/c1-7(2)11(13)12(16)14-10-6-9(15(17)18)5-4-8(10)3/h4-7,11H,13H2,1-3H3,(H,14,16)/t11-/m1/s1. The molecule has 0 bridgehead atoms. The first-order valence-electron chi connectivity index (χ1n) is 5.64. The Morgan fingerprint density at radius 3 is 2.56 bits per heavy atom. The zero-order chi connectivity index (χ0) is 13.9. The maximum Gasteiger partial charge on any atom is 0.271 e. The lowest BCUT2D eigenvalue weighted by molar-refractivity contribution is -0.384. The van der Waals surface area contributed by atoms with Gasteiger partial charge in [0.2, 0.25) is 5.91 Å². The van der Waals surface area contributed by atoms with Gasteiger partial charge in [-0.05, 0) is 18.4 Å². The Balaban J connectivity index is 2.93. The van der Waals surface area contributed by atoms with Gasteiger partial charge in [0.25, 0.3) is 5.69 Å². The number of benzene rings is 1. The number of rotatable bonds is 4. The van der Waals surface area contributed by atoms with Crippen LogP contribution >= 0.6 is 0 Å². The summed E-state index contributed by atoms with van der Waals surface area (Å²) in [6.07, 6.45) is 0. The molecular weight excluding hydrogens is 234 g/mol. The van der Waals surface area contributed by atoms with E-state index in [4.69, 9.17) is 5.73 Å². The Hall–Kier alpha value is -1.95. The van der Waals surface area contributed by atoms with Crippen LogP contribution in [0.15, 0.2) is 18.2 Å². The topological polar surface area (TPSA) is 98.3 Å². The van der Waals surface area contributed by atoms with E-state index < -0.39 is 11.0 Å². The molecule has 0 radical (unpaired) electrons. The molecule has 0 saturated heterocycles. The number of anilines is 1. The molecule has 3 N–H and O–H groups in total. The highest BCUT2D eigenvalue weighted by molar-refractivity contribution is 5.95. The minimum atomic E-state index is -0.635. The van der Waals surface area contributed by atoms with Crippen molar-refractivity contribution in [3.05, 3.63) is 33.9 Å². The Morgan fingerprint density at radius 1 is 1.44 bits per heavy atom. The summed E-state index contributed by atoms with van der Waals surface area (Å²) in [6, 6.07) is 3.69. The maximum absolute atomic E-state index is 11.8. The molecule has 0 saturated carbocycles. The molecule has 18 heavy (non-hydrogen) atoms. The summed E-state index contributed by atoms with van der Waals surface area (Å²) in [7, 11) is 0. The minimum Gasteiger partial charge on any atom is -0.324 e. The van der Waals surface area contributed by atoms with Crippen molar-refractivity contribution in [1.82, 2.24) is 0 Å². The second-order valence-corrected chi connectivity index (χ2v) is 4.52. The molecule has 1 amide bonds. The molecule has 0 aliphatic carbocycles. The number of non-ortho nitro benzene ring substituents is 1. The summed E-state index contributed by atoms with van der Waals surface area (Å²) in [4.78, 5) is 21.9. The van der Waals surface area contributed by atoms with Gasteiger partial charge in [0.05, 0.1) is 16.7 Å². The summed E-state index contributed by atoms with van der Waals surface area (Å²) in [5.74, 6) is -0.336. The number of hydrogen-bond donors (Lipinski definition) is 2. The number of nitro benzene ring substituents is 1. The third-order valence-electron chi connectivity index (χ3n) is 2.71. The summed E-state index contributed by atoms with van der Waals surface area (Å²) in [6.45, 7) is 5.44. The number of carbonyl (C=O) groups is 1. The van der Waals surface area contributed by atoms with Crippen molar-refractivity contribution in [3.63, 3.8) is 0 Å². The van der Waals surface area contributed by atoms with Crippen LogP contribution < -0.4 is 11.1 Å². The number of nitrogens with zero attached hydrogens (tertiary/aromatic N) is 1. The van der Waals surface area contributed by atoms with Crippen LogP contribution in [-0.4, -0.2) is 16.9 Å². The van der Waals surface area contributed by atoms with Gasteiger partial charge in [-0.15, -0.1) is 0 Å². The first-order valence-corrected chi connectivity index (χ1v) is 5.64. The second-order valence-electron chi connectivity index (χ2n) is 4.52. The fourth-order valence-electron chi connectivity index (χ4n) is 1.38. The monoisotopic (exact) mass is 251 g/mol. The van der Waals surface area contributed by atoms with Crippen LogP contribution in [0.3, 0.4) is 0 Å². The molecule has 0 aliphatic rings. The number of carbonyl (C=O) groups excluding carboxylic acids is 1. The summed E-state index contributed by atoms with van der Waals surface area (Å²) in [5.41, 5.74) is 6.82. The molecule has 0 aromatic heterocycles. The second kappa shape index (κ2) is 5.59. The predicted octanol–water partition coefficient (Wildman–Crippen LogP) is 1.83. The molecule has 0 aliphatic heterocycles. The fraction of sp³-hybridized carbons (Fsp3) is 0.417. The molecule has 1 aromatic rings. The van der Waals surface area contributed by atoms with Gasteiger partial charge in [-0.25, -0.2) is 0 Å². The van der Waals surface area contributed by atoms with Gasteiger partial charge in [0, 0.05) is 12.1 Å². The lowest BCUT2D eigenvalue weighted by Gasteiger charge is -2.16. The average Bonchev–Trinajstić information content (AvgIpc) is 2.30. The van der Waals surface area contributed by atoms with Crippen molar-refractivity contribution in [2.75, 3.05) is 5.32 Å². The molecule has 6 heteroatoms. The van der Waals surface area contributed by atoms with Gasteiger partial charge in [-0.3, -0.25) is 14.9 Å². The van der Waals surface area contributed by atoms with Gasteiger partial charge in [0.15, 0.2) is 0 Å². The van der Waals surface area contributed by atoms with Crippen molar-refractivity contribution < 1.29 is 9.72 Å². The lowest BCUT2D eigenvalue weighted by Crippen LogP contribution is -2.39. The van der Waals surface area contributed by atoms with Crippen molar-refractivity contribution in [2.45, 2.75) is 26.8 Å². The summed E-state index contributed by atoms with van der Waals surface area (Å²) in [5, 5.41) is 13.3. The quantitative estimate of drug-likeness (QED) is 0.630. The maximum atomic E-state index is 11.8. The number of nitrogens with one attached hydrogen (secondary N) is 1. The van der Waals surface area contributed by atoms with E-state index in [1.165, 1.54) is 12.1 Å².